The second-order valence-corrected chi connectivity index (χ2v) is 9.17. The van der Waals surface area contributed by atoms with Crippen LogP contribution in [0.2, 0.25) is 0 Å². The van der Waals surface area contributed by atoms with Crippen LogP contribution in [0.15, 0.2) is 41.6 Å². The van der Waals surface area contributed by atoms with Crippen LogP contribution in [0.1, 0.15) is 35.6 Å². The van der Waals surface area contributed by atoms with Gasteiger partial charge in [0.2, 0.25) is 5.95 Å². The van der Waals surface area contributed by atoms with Crippen molar-refractivity contribution in [2.75, 3.05) is 5.32 Å². The number of hydrogen-bond donors (Lipinski definition) is 2. The Hall–Kier alpha value is -4.86. The van der Waals surface area contributed by atoms with Crippen LogP contribution in [-0.2, 0) is 20.3 Å². The lowest BCUT2D eigenvalue weighted by Crippen LogP contribution is -2.23. The summed E-state index contributed by atoms with van der Waals surface area (Å²) < 4.78 is 48.1. The van der Waals surface area contributed by atoms with Crippen molar-refractivity contribution < 1.29 is 17.9 Å². The number of aromatic amines is 1. The predicted molar refractivity (Wildman–Crippen MR) is 131 cm³/mol. The van der Waals surface area contributed by atoms with Gasteiger partial charge in [-0.3, -0.25) is 4.79 Å². The molecule has 2 N–H and O–H groups in total. The number of ether oxygens (including phenoxy) is 1. The van der Waals surface area contributed by atoms with Crippen LogP contribution in [0.25, 0.3) is 22.2 Å². The molecule has 10 nitrogen and oxygen atoms in total. The zero-order chi connectivity index (χ0) is 26.8. The number of nitriles is 1. The number of aryl methyl sites for hydroxylation is 2. The largest absolute Gasteiger partial charge is 0.453 e. The first kappa shape index (κ1) is 23.5. The van der Waals surface area contributed by atoms with Crippen molar-refractivity contribution in [3.05, 3.63) is 64.0 Å². The number of aromatic nitrogens is 6. The first-order chi connectivity index (χ1) is 18.1. The number of fused-ring (bicyclic) bond motifs is 2. The van der Waals surface area contributed by atoms with Crippen molar-refractivity contribution >= 4 is 33.8 Å². The van der Waals surface area contributed by atoms with E-state index in [1.165, 1.54) is 17.8 Å². The second-order valence-electron chi connectivity index (χ2n) is 9.17. The van der Waals surface area contributed by atoms with Crippen molar-refractivity contribution in [1.29, 1.82) is 5.26 Å². The molecule has 0 aliphatic heterocycles. The summed E-state index contributed by atoms with van der Waals surface area (Å²) in [6.07, 6.45) is 1.26. The fourth-order valence-electron chi connectivity index (χ4n) is 4.34. The van der Waals surface area contributed by atoms with Gasteiger partial charge in [0, 0.05) is 31.4 Å². The summed E-state index contributed by atoms with van der Waals surface area (Å²) in [5.74, 6) is 1.13. The minimum atomic E-state index is -4.65. The van der Waals surface area contributed by atoms with E-state index in [9.17, 15) is 23.2 Å². The third-order valence-electron chi connectivity index (χ3n) is 6.44. The van der Waals surface area contributed by atoms with Crippen LogP contribution < -0.4 is 15.6 Å². The molecule has 5 aromatic rings. The summed E-state index contributed by atoms with van der Waals surface area (Å²) in [4.78, 5) is 28.8. The highest BCUT2D eigenvalue weighted by Crippen LogP contribution is 2.41. The quantitative estimate of drug-likeness (QED) is 0.339. The third kappa shape index (κ3) is 4.00. The molecule has 1 aliphatic rings. The van der Waals surface area contributed by atoms with Gasteiger partial charge in [-0.1, -0.05) is 0 Å². The molecule has 5 aromatic heterocycles. The number of alkyl halides is 3. The Balaban J connectivity index is 1.36. The van der Waals surface area contributed by atoms with Gasteiger partial charge >= 0.3 is 6.18 Å². The Morgan fingerprint density at radius 2 is 1.97 bits per heavy atom. The number of halogens is 3. The van der Waals surface area contributed by atoms with Crippen molar-refractivity contribution in [1.82, 2.24) is 29.1 Å². The van der Waals surface area contributed by atoms with Gasteiger partial charge in [-0.15, -0.1) is 0 Å². The van der Waals surface area contributed by atoms with Gasteiger partial charge in [-0.2, -0.15) is 23.4 Å². The molecule has 0 atom stereocenters. The molecule has 0 saturated heterocycles. The lowest BCUT2D eigenvalue weighted by atomic mass is 10.2. The van der Waals surface area contributed by atoms with E-state index in [1.807, 2.05) is 12.1 Å². The molecule has 6 rings (SSSR count). The van der Waals surface area contributed by atoms with Crippen molar-refractivity contribution in [2.24, 2.45) is 14.1 Å². The molecule has 0 radical (unpaired) electrons. The van der Waals surface area contributed by atoms with E-state index in [0.29, 0.717) is 23.9 Å². The number of nitrogens with one attached hydrogen (secondary N) is 2. The van der Waals surface area contributed by atoms with Crippen LogP contribution in [0.3, 0.4) is 0 Å². The van der Waals surface area contributed by atoms with E-state index in [-0.39, 0.29) is 34.1 Å². The van der Waals surface area contributed by atoms with Gasteiger partial charge in [-0.05, 0) is 37.0 Å². The Kier molecular flexibility index (Phi) is 5.16. The highest BCUT2D eigenvalue weighted by molar-refractivity contribution is 5.84. The van der Waals surface area contributed by atoms with Crippen LogP contribution >= 0.6 is 0 Å². The zero-order valence-electron chi connectivity index (χ0n) is 20.1. The minimum Gasteiger partial charge on any atom is -0.453 e. The molecule has 0 bridgehead atoms. The zero-order valence-corrected chi connectivity index (χ0v) is 20.1. The minimum absolute atomic E-state index is 0.0283. The smallest absolute Gasteiger partial charge is 0.417 e. The van der Waals surface area contributed by atoms with Gasteiger partial charge in [0.15, 0.2) is 11.4 Å². The monoisotopic (exact) mass is 520 g/mol. The maximum absolute atomic E-state index is 13.3. The lowest BCUT2D eigenvalue weighted by Gasteiger charge is -2.12. The molecule has 0 spiro atoms. The fourth-order valence-corrected chi connectivity index (χ4v) is 4.34. The number of pyridine rings is 3. The number of H-pyrrole nitrogens is 1. The molecule has 38 heavy (non-hydrogen) atoms. The molecule has 5 heterocycles. The maximum Gasteiger partial charge on any atom is 0.417 e. The molecule has 1 fully saturated rings. The van der Waals surface area contributed by atoms with E-state index < -0.39 is 17.3 Å². The summed E-state index contributed by atoms with van der Waals surface area (Å²) in [5.41, 5.74) is 0.422. The Morgan fingerprint density at radius 3 is 2.68 bits per heavy atom. The summed E-state index contributed by atoms with van der Waals surface area (Å²) in [6, 6.07) is 6.67. The molecule has 13 heteroatoms. The average molecular weight is 520 g/mol. The average Bonchev–Trinajstić information content (AvgIpc) is 3.56. The number of nitrogens with zero attached hydrogens (tertiary/aromatic N) is 6. The van der Waals surface area contributed by atoms with Crippen molar-refractivity contribution in [2.45, 2.75) is 24.9 Å². The Bertz CT molecular complexity index is 1840. The SMILES string of the molecule is Cn1cc(C(F)(F)F)cc(Nc2nc3ncc(Oc4cnc5[nH]c(C6CC6)cc5c4)c(C#N)c3n2C)c1=O. The Morgan fingerprint density at radius 1 is 1.18 bits per heavy atom. The number of hydrogen-bond acceptors (Lipinski definition) is 7. The maximum atomic E-state index is 13.3. The molecule has 1 saturated carbocycles. The molecular weight excluding hydrogens is 501 g/mol. The van der Waals surface area contributed by atoms with Crippen LogP contribution in [0.4, 0.5) is 24.8 Å². The van der Waals surface area contributed by atoms with E-state index in [2.05, 4.69) is 31.3 Å². The van der Waals surface area contributed by atoms with Crippen molar-refractivity contribution in [3.8, 4) is 17.6 Å². The van der Waals surface area contributed by atoms with Crippen LogP contribution in [-0.4, -0.2) is 29.1 Å². The number of rotatable bonds is 5. The predicted octanol–water partition coefficient (Wildman–Crippen LogP) is 4.85. The molecule has 0 amide bonds. The first-order valence-electron chi connectivity index (χ1n) is 11.6. The summed E-state index contributed by atoms with van der Waals surface area (Å²) in [6.45, 7) is 0. The van der Waals surface area contributed by atoms with E-state index >= 15 is 0 Å². The van der Waals surface area contributed by atoms with E-state index in [1.54, 1.807) is 13.2 Å². The van der Waals surface area contributed by atoms with Gasteiger partial charge in [-0.25, -0.2) is 9.97 Å². The molecule has 0 unspecified atom stereocenters. The molecular formula is C25H19F3N8O2. The topological polar surface area (TPSA) is 126 Å². The first-order valence-corrected chi connectivity index (χ1v) is 11.6. The molecule has 192 valence electrons. The molecule has 1 aliphatic carbocycles. The van der Waals surface area contributed by atoms with Gasteiger partial charge < -0.3 is 24.2 Å². The van der Waals surface area contributed by atoms with Crippen LogP contribution in [0.5, 0.6) is 11.5 Å². The number of imidazole rings is 1. The fraction of sp³-hybridized carbons (Fsp3) is 0.240. The van der Waals surface area contributed by atoms with Gasteiger partial charge in [0.05, 0.1) is 18.0 Å². The van der Waals surface area contributed by atoms with Gasteiger partial charge in [0.1, 0.15) is 34.2 Å². The second kappa shape index (κ2) is 8.34. The normalized spacial score (nSPS) is 13.7. The van der Waals surface area contributed by atoms with E-state index in [4.69, 9.17) is 4.74 Å². The standard InChI is InChI=1S/C25H19F3N8O2/c1-35-11-14(25(26,27)28)7-18(23(35)37)33-24-34-22-20(36(24)2)16(8-29)19(10-31-22)38-15-5-13-6-17(12-3-4-12)32-21(13)30-9-15/h5-7,9-12H,3-4H2,1-2H3,(H,30,32)(H,31,33,34). The summed E-state index contributed by atoms with van der Waals surface area (Å²) in [5, 5.41) is 13.5. The summed E-state index contributed by atoms with van der Waals surface area (Å²) >= 11 is 0. The van der Waals surface area contributed by atoms with Crippen molar-refractivity contribution in [3.63, 3.8) is 0 Å². The highest BCUT2D eigenvalue weighted by Gasteiger charge is 2.32. The summed E-state index contributed by atoms with van der Waals surface area (Å²) in [7, 11) is 2.78. The van der Waals surface area contributed by atoms with Gasteiger partial charge in [0.25, 0.3) is 5.56 Å². The molecule has 0 aromatic carbocycles. The van der Waals surface area contributed by atoms with Crippen LogP contribution in [0, 0.1) is 11.3 Å². The third-order valence-corrected chi connectivity index (χ3v) is 6.44. The van der Waals surface area contributed by atoms with E-state index in [0.717, 1.165) is 34.1 Å². The lowest BCUT2D eigenvalue weighted by molar-refractivity contribution is -0.138. The Labute approximate surface area is 212 Å². The highest BCUT2D eigenvalue weighted by atomic mass is 19.4. The number of anilines is 2.